The average Bonchev–Trinajstić information content (AvgIpc) is 2.69. The molecule has 1 aliphatic heterocycles. The van der Waals surface area contributed by atoms with Crippen LogP contribution in [0.15, 0.2) is 24.3 Å². The summed E-state index contributed by atoms with van der Waals surface area (Å²) in [5, 5.41) is 0.204. The third-order valence-corrected chi connectivity index (χ3v) is 2.63. The van der Waals surface area contributed by atoms with Crippen LogP contribution in [0.5, 0.6) is 0 Å². The van der Waals surface area contributed by atoms with E-state index in [1.807, 2.05) is 0 Å². The molecule has 0 aliphatic carbocycles. The van der Waals surface area contributed by atoms with E-state index in [2.05, 4.69) is 4.84 Å². The van der Waals surface area contributed by atoms with Crippen molar-refractivity contribution in [2.24, 2.45) is 0 Å². The van der Waals surface area contributed by atoms with Crippen molar-refractivity contribution in [2.75, 3.05) is 0 Å². The number of halogens is 3. The quantitative estimate of drug-likeness (QED) is 0.780. The molecule has 1 aromatic carbocycles. The van der Waals surface area contributed by atoms with Gasteiger partial charge >= 0.3 is 12.1 Å². The van der Waals surface area contributed by atoms with E-state index in [0.29, 0.717) is 6.07 Å². The monoisotopic (exact) mass is 287 g/mol. The van der Waals surface area contributed by atoms with Gasteiger partial charge in [0, 0.05) is 12.8 Å². The smallest absolute Gasteiger partial charge is 0.325 e. The number of imide groups is 1. The minimum atomic E-state index is -4.74. The Kier molecular flexibility index (Phi) is 3.47. The van der Waals surface area contributed by atoms with Gasteiger partial charge in [-0.15, -0.1) is 5.06 Å². The summed E-state index contributed by atoms with van der Waals surface area (Å²) in [6, 6.07) is 3.96. The average molecular weight is 287 g/mol. The topological polar surface area (TPSA) is 63.7 Å². The fraction of sp³-hybridized carbons (Fsp3) is 0.250. The molecule has 1 saturated heterocycles. The van der Waals surface area contributed by atoms with E-state index in [-0.39, 0.29) is 17.9 Å². The molecule has 1 fully saturated rings. The molecule has 8 heteroatoms. The van der Waals surface area contributed by atoms with Gasteiger partial charge in [0.2, 0.25) is 0 Å². The minimum Gasteiger partial charge on any atom is -0.325 e. The first-order valence-corrected chi connectivity index (χ1v) is 5.55. The maximum Gasteiger partial charge on any atom is 0.417 e. The molecule has 5 nitrogen and oxygen atoms in total. The number of alkyl halides is 3. The second kappa shape index (κ2) is 4.95. The summed E-state index contributed by atoms with van der Waals surface area (Å²) in [4.78, 5) is 38.6. The Hall–Kier alpha value is -2.38. The summed E-state index contributed by atoms with van der Waals surface area (Å²) in [5.41, 5.74) is -1.95. The zero-order chi connectivity index (χ0) is 14.9. The first-order chi connectivity index (χ1) is 9.30. The summed E-state index contributed by atoms with van der Waals surface area (Å²) in [7, 11) is 0. The molecule has 0 bridgehead atoms. The first kappa shape index (κ1) is 14.0. The van der Waals surface area contributed by atoms with Crippen LogP contribution in [0.25, 0.3) is 0 Å². The van der Waals surface area contributed by atoms with Crippen molar-refractivity contribution in [3.8, 4) is 0 Å². The number of carbonyl (C=O) groups is 3. The fourth-order valence-corrected chi connectivity index (χ4v) is 1.70. The zero-order valence-electron chi connectivity index (χ0n) is 9.94. The van der Waals surface area contributed by atoms with Crippen LogP contribution in [0, 0.1) is 0 Å². The maximum absolute atomic E-state index is 12.7. The second-order valence-electron chi connectivity index (χ2n) is 4.00. The van der Waals surface area contributed by atoms with Crippen LogP contribution in [-0.4, -0.2) is 22.8 Å². The number of rotatable bonds is 2. The van der Waals surface area contributed by atoms with Gasteiger partial charge in [-0.05, 0) is 12.1 Å². The molecule has 1 aromatic rings. The number of hydrogen-bond donors (Lipinski definition) is 0. The summed E-state index contributed by atoms with van der Waals surface area (Å²) < 4.78 is 38.2. The molecule has 0 aromatic heterocycles. The molecule has 0 unspecified atom stereocenters. The zero-order valence-corrected chi connectivity index (χ0v) is 9.94. The molecule has 1 aliphatic rings. The normalized spacial score (nSPS) is 15.7. The molecule has 2 rings (SSSR count). The molecule has 0 radical (unpaired) electrons. The fourth-order valence-electron chi connectivity index (χ4n) is 1.70. The van der Waals surface area contributed by atoms with Crippen molar-refractivity contribution in [2.45, 2.75) is 19.0 Å². The van der Waals surface area contributed by atoms with E-state index in [4.69, 9.17) is 0 Å². The van der Waals surface area contributed by atoms with Gasteiger partial charge < -0.3 is 4.84 Å². The van der Waals surface area contributed by atoms with Gasteiger partial charge in [-0.1, -0.05) is 12.1 Å². The lowest BCUT2D eigenvalue weighted by molar-refractivity contribution is -0.172. The summed E-state index contributed by atoms with van der Waals surface area (Å²) in [6.07, 6.45) is -5.01. The van der Waals surface area contributed by atoms with Crippen molar-refractivity contribution >= 4 is 17.8 Å². The van der Waals surface area contributed by atoms with Crippen LogP contribution in [-0.2, 0) is 20.6 Å². The molecule has 0 spiro atoms. The van der Waals surface area contributed by atoms with E-state index in [0.717, 1.165) is 12.1 Å². The lowest BCUT2D eigenvalue weighted by atomic mass is 10.1. The Balaban J connectivity index is 2.26. The van der Waals surface area contributed by atoms with Gasteiger partial charge in [0.1, 0.15) is 0 Å². The van der Waals surface area contributed by atoms with Crippen LogP contribution in [0.4, 0.5) is 13.2 Å². The third kappa shape index (κ3) is 2.63. The number of benzene rings is 1. The van der Waals surface area contributed by atoms with Crippen LogP contribution in [0.3, 0.4) is 0 Å². The SMILES string of the molecule is O=C(ON1C(=O)CCC1=O)c1ccccc1C(F)(F)F. The molecular formula is C12H8F3NO4. The van der Waals surface area contributed by atoms with Crippen molar-refractivity contribution in [3.05, 3.63) is 35.4 Å². The lowest BCUT2D eigenvalue weighted by Crippen LogP contribution is -2.32. The Morgan fingerprint density at radius 3 is 2.20 bits per heavy atom. The molecule has 0 atom stereocenters. The largest absolute Gasteiger partial charge is 0.417 e. The van der Waals surface area contributed by atoms with Crippen LogP contribution in [0.1, 0.15) is 28.8 Å². The van der Waals surface area contributed by atoms with E-state index >= 15 is 0 Å². The Labute approximate surface area is 110 Å². The highest BCUT2D eigenvalue weighted by Gasteiger charge is 2.38. The van der Waals surface area contributed by atoms with Gasteiger partial charge in [-0.25, -0.2) is 4.79 Å². The number of carbonyl (C=O) groups excluding carboxylic acids is 3. The molecule has 0 N–H and O–H groups in total. The molecule has 0 saturated carbocycles. The maximum atomic E-state index is 12.7. The van der Waals surface area contributed by atoms with Crippen molar-refractivity contribution in [3.63, 3.8) is 0 Å². The van der Waals surface area contributed by atoms with Crippen molar-refractivity contribution < 1.29 is 32.4 Å². The molecular weight excluding hydrogens is 279 g/mol. The predicted octanol–water partition coefficient (Wildman–Crippen LogP) is 1.93. The lowest BCUT2D eigenvalue weighted by Gasteiger charge is -2.15. The van der Waals surface area contributed by atoms with Gasteiger partial charge in [0.05, 0.1) is 11.1 Å². The predicted molar refractivity (Wildman–Crippen MR) is 57.9 cm³/mol. The van der Waals surface area contributed by atoms with Crippen LogP contribution >= 0.6 is 0 Å². The Bertz CT molecular complexity index is 566. The van der Waals surface area contributed by atoms with Crippen LogP contribution in [0.2, 0.25) is 0 Å². The summed E-state index contributed by atoms with van der Waals surface area (Å²) in [5.74, 6) is -2.91. The van der Waals surface area contributed by atoms with E-state index in [1.54, 1.807) is 0 Å². The van der Waals surface area contributed by atoms with Crippen LogP contribution < -0.4 is 0 Å². The van der Waals surface area contributed by atoms with Gasteiger partial charge in [-0.3, -0.25) is 9.59 Å². The third-order valence-electron chi connectivity index (χ3n) is 2.63. The highest BCUT2D eigenvalue weighted by Crippen LogP contribution is 2.32. The van der Waals surface area contributed by atoms with E-state index < -0.39 is 35.1 Å². The Morgan fingerprint density at radius 2 is 1.65 bits per heavy atom. The van der Waals surface area contributed by atoms with E-state index in [9.17, 15) is 27.6 Å². The van der Waals surface area contributed by atoms with Crippen molar-refractivity contribution in [1.29, 1.82) is 0 Å². The molecule has 2 amide bonds. The Morgan fingerprint density at radius 1 is 1.10 bits per heavy atom. The first-order valence-electron chi connectivity index (χ1n) is 5.55. The van der Waals surface area contributed by atoms with E-state index in [1.165, 1.54) is 6.07 Å². The highest BCUT2D eigenvalue weighted by molar-refractivity contribution is 6.03. The van der Waals surface area contributed by atoms with Crippen molar-refractivity contribution in [1.82, 2.24) is 5.06 Å². The standard InChI is InChI=1S/C12H8F3NO4/c13-12(14,15)8-4-2-1-3-7(8)11(19)20-16-9(17)5-6-10(16)18/h1-4H,5-6H2. The summed E-state index contributed by atoms with van der Waals surface area (Å²) >= 11 is 0. The minimum absolute atomic E-state index is 0.132. The van der Waals surface area contributed by atoms with Gasteiger partial charge in [-0.2, -0.15) is 13.2 Å². The second-order valence-corrected chi connectivity index (χ2v) is 4.00. The number of hydrogen-bond acceptors (Lipinski definition) is 4. The number of amides is 2. The molecule has 1 heterocycles. The van der Waals surface area contributed by atoms with Gasteiger partial charge in [0.25, 0.3) is 11.8 Å². The molecule has 106 valence electrons. The summed E-state index contributed by atoms with van der Waals surface area (Å²) in [6.45, 7) is 0. The molecule has 20 heavy (non-hydrogen) atoms. The number of nitrogens with zero attached hydrogens (tertiary/aromatic N) is 1. The highest BCUT2D eigenvalue weighted by atomic mass is 19.4. The van der Waals surface area contributed by atoms with Gasteiger partial charge in [0.15, 0.2) is 0 Å². The number of hydroxylamine groups is 2.